The Labute approximate surface area is 76.8 Å². The molecule has 0 unspecified atom stereocenters. The van der Waals surface area contributed by atoms with Crippen molar-refractivity contribution >= 4 is 29.1 Å². The van der Waals surface area contributed by atoms with E-state index in [0.29, 0.717) is 6.42 Å². The summed E-state index contributed by atoms with van der Waals surface area (Å²) in [6.07, 6.45) is 3.28. The molecule has 2 nitrogen and oxygen atoms in total. The molecule has 0 aliphatic carbocycles. The molecule has 0 aromatic carbocycles. The molecular formula is C7H11Cl2NO. The highest BCUT2D eigenvalue weighted by atomic mass is 35.5. The molecule has 4 heteroatoms. The molecule has 64 valence electrons. The van der Waals surface area contributed by atoms with Gasteiger partial charge in [0.15, 0.2) is 0 Å². The number of carbonyl (C=O) groups is 1. The van der Waals surface area contributed by atoms with Gasteiger partial charge in [-0.1, -0.05) is 6.58 Å². The van der Waals surface area contributed by atoms with Crippen LogP contribution in [0.5, 0.6) is 0 Å². The molecule has 0 N–H and O–H groups in total. The highest BCUT2D eigenvalue weighted by molar-refractivity contribution is 6.40. The smallest absolute Gasteiger partial charge is 0.226 e. The molecule has 1 amide bonds. The van der Waals surface area contributed by atoms with Crippen LogP contribution in [0, 0.1) is 0 Å². The largest absolute Gasteiger partial charge is 0.320 e. The third-order valence-corrected chi connectivity index (χ3v) is 1.33. The molecule has 0 spiro atoms. The predicted molar refractivity (Wildman–Crippen MR) is 47.7 cm³/mol. The third kappa shape index (κ3) is 4.27. The minimum atomic E-state index is 0.194. The Bertz CT molecular complexity index is 138. The van der Waals surface area contributed by atoms with Crippen molar-refractivity contribution in [3.05, 3.63) is 12.8 Å². The van der Waals surface area contributed by atoms with E-state index < -0.39 is 0 Å². The topological polar surface area (TPSA) is 20.3 Å². The number of nitrogens with zero attached hydrogens (tertiary/aromatic N) is 1. The van der Waals surface area contributed by atoms with E-state index in [1.807, 2.05) is 0 Å². The molecule has 1 heterocycles. The molecule has 1 fully saturated rings. The molecule has 1 saturated heterocycles. The summed E-state index contributed by atoms with van der Waals surface area (Å²) < 4.78 is 0. The van der Waals surface area contributed by atoms with Crippen LogP contribution in [0.3, 0.4) is 0 Å². The van der Waals surface area contributed by atoms with Crippen molar-refractivity contribution in [3.63, 3.8) is 0 Å². The predicted octanol–water partition coefficient (Wildman–Crippen LogP) is 2.17. The molecule has 11 heavy (non-hydrogen) atoms. The van der Waals surface area contributed by atoms with Gasteiger partial charge in [0.05, 0.1) is 5.34 Å². The van der Waals surface area contributed by atoms with Gasteiger partial charge in [-0.25, -0.2) is 0 Å². The molecule has 1 aliphatic rings. The van der Waals surface area contributed by atoms with E-state index in [0.717, 1.165) is 13.0 Å². The van der Waals surface area contributed by atoms with Gasteiger partial charge in [-0.3, -0.25) is 4.79 Å². The Morgan fingerprint density at radius 3 is 2.36 bits per heavy atom. The van der Waals surface area contributed by atoms with Crippen molar-refractivity contribution in [3.8, 4) is 0 Å². The number of rotatable bonds is 1. The molecule has 0 saturated carbocycles. The number of amides is 1. The van der Waals surface area contributed by atoms with Crippen LogP contribution in [-0.4, -0.2) is 22.7 Å². The standard InChI is InChI=1S/C6H9NO.CH2Cl2/c1-2-7-5-3-4-6(7)8;2-1-3/h2H,1,3-5H2;1H2. The molecule has 0 atom stereocenters. The van der Waals surface area contributed by atoms with Crippen molar-refractivity contribution in [2.45, 2.75) is 12.8 Å². The van der Waals surface area contributed by atoms with Crippen molar-refractivity contribution < 1.29 is 4.79 Å². The third-order valence-electron chi connectivity index (χ3n) is 1.33. The molecule has 0 bridgehead atoms. The number of alkyl halides is 2. The monoisotopic (exact) mass is 195 g/mol. The minimum Gasteiger partial charge on any atom is -0.320 e. The van der Waals surface area contributed by atoms with Crippen molar-refractivity contribution in [1.29, 1.82) is 0 Å². The van der Waals surface area contributed by atoms with Crippen LogP contribution in [0.1, 0.15) is 12.8 Å². The Hall–Kier alpha value is -0.210. The zero-order valence-corrected chi connectivity index (χ0v) is 7.74. The molecule has 1 rings (SSSR count). The van der Waals surface area contributed by atoms with Crippen LogP contribution < -0.4 is 0 Å². The number of halogens is 2. The lowest BCUT2D eigenvalue weighted by molar-refractivity contribution is -0.125. The second-order valence-corrected chi connectivity index (χ2v) is 2.78. The summed E-state index contributed by atoms with van der Waals surface area (Å²) in [5.74, 6) is 0.208. The maximum atomic E-state index is 10.7. The van der Waals surface area contributed by atoms with Gasteiger partial charge < -0.3 is 4.90 Å². The van der Waals surface area contributed by atoms with Gasteiger partial charge in [0.25, 0.3) is 0 Å². The van der Waals surface area contributed by atoms with Gasteiger partial charge in [0.1, 0.15) is 0 Å². The van der Waals surface area contributed by atoms with Crippen LogP contribution in [0.15, 0.2) is 12.8 Å². The molecule has 1 aliphatic heterocycles. The summed E-state index contributed by atoms with van der Waals surface area (Å²) in [6.45, 7) is 4.36. The Morgan fingerprint density at radius 1 is 1.64 bits per heavy atom. The van der Waals surface area contributed by atoms with Crippen molar-refractivity contribution in [2.75, 3.05) is 11.9 Å². The highest BCUT2D eigenvalue weighted by Gasteiger charge is 2.15. The van der Waals surface area contributed by atoms with Gasteiger partial charge in [0.2, 0.25) is 5.91 Å². The van der Waals surface area contributed by atoms with E-state index in [4.69, 9.17) is 23.2 Å². The molecular weight excluding hydrogens is 185 g/mol. The Morgan fingerprint density at radius 2 is 2.18 bits per heavy atom. The fraction of sp³-hybridized carbons (Fsp3) is 0.571. The second-order valence-electron chi connectivity index (χ2n) is 1.97. The number of hydrogen-bond donors (Lipinski definition) is 0. The first kappa shape index (κ1) is 10.8. The van der Waals surface area contributed by atoms with Crippen molar-refractivity contribution in [1.82, 2.24) is 4.90 Å². The van der Waals surface area contributed by atoms with Crippen molar-refractivity contribution in [2.24, 2.45) is 0 Å². The first-order valence-electron chi connectivity index (χ1n) is 3.30. The SMILES string of the molecule is C=CN1CCCC1=O.ClCCl. The number of likely N-dealkylation sites (tertiary alicyclic amines) is 1. The lowest BCUT2D eigenvalue weighted by atomic mass is 10.4. The lowest BCUT2D eigenvalue weighted by Gasteiger charge is -2.05. The summed E-state index contributed by atoms with van der Waals surface area (Å²) in [5.41, 5.74) is 0. The summed E-state index contributed by atoms with van der Waals surface area (Å²) in [5, 5.41) is 0.194. The van der Waals surface area contributed by atoms with E-state index >= 15 is 0 Å². The Kier molecular flexibility index (Phi) is 6.37. The van der Waals surface area contributed by atoms with Gasteiger partial charge in [-0.05, 0) is 12.6 Å². The average Bonchev–Trinajstić information content (AvgIpc) is 2.36. The van der Waals surface area contributed by atoms with Gasteiger partial charge >= 0.3 is 0 Å². The number of hydrogen-bond acceptors (Lipinski definition) is 1. The number of carbonyl (C=O) groups excluding carboxylic acids is 1. The van der Waals surface area contributed by atoms with Crippen LogP contribution in [0.2, 0.25) is 0 Å². The van der Waals surface area contributed by atoms with Gasteiger partial charge in [-0.2, -0.15) is 0 Å². The van der Waals surface area contributed by atoms with Crippen LogP contribution in [0.4, 0.5) is 0 Å². The van der Waals surface area contributed by atoms with Gasteiger partial charge in [-0.15, -0.1) is 23.2 Å². The molecule has 0 radical (unpaired) electrons. The maximum Gasteiger partial charge on any atom is 0.226 e. The summed E-state index contributed by atoms with van der Waals surface area (Å²) in [7, 11) is 0. The zero-order valence-electron chi connectivity index (χ0n) is 6.22. The van der Waals surface area contributed by atoms with Gasteiger partial charge in [0, 0.05) is 13.0 Å². The quantitative estimate of drug-likeness (QED) is 0.588. The summed E-state index contributed by atoms with van der Waals surface area (Å²) in [4.78, 5) is 12.3. The summed E-state index contributed by atoms with van der Waals surface area (Å²) in [6, 6.07) is 0. The van der Waals surface area contributed by atoms with Crippen LogP contribution in [-0.2, 0) is 4.79 Å². The fourth-order valence-corrected chi connectivity index (χ4v) is 0.862. The van der Waals surface area contributed by atoms with E-state index in [9.17, 15) is 4.79 Å². The first-order chi connectivity index (χ1) is 5.26. The van der Waals surface area contributed by atoms with E-state index in [2.05, 4.69) is 6.58 Å². The minimum absolute atomic E-state index is 0.194. The Balaban J connectivity index is 0.000000292. The lowest BCUT2D eigenvalue weighted by Crippen LogP contribution is -2.16. The van der Waals surface area contributed by atoms with E-state index in [1.54, 1.807) is 11.1 Å². The molecule has 0 aromatic heterocycles. The van der Waals surface area contributed by atoms with Crippen LogP contribution in [0.25, 0.3) is 0 Å². The molecule has 0 aromatic rings. The van der Waals surface area contributed by atoms with E-state index in [1.165, 1.54) is 0 Å². The second kappa shape index (κ2) is 6.50. The highest BCUT2D eigenvalue weighted by Crippen LogP contribution is 2.08. The normalized spacial score (nSPS) is 15.8. The summed E-state index contributed by atoms with van der Waals surface area (Å²) >= 11 is 9.53. The fourth-order valence-electron chi connectivity index (χ4n) is 0.862. The average molecular weight is 196 g/mol. The first-order valence-corrected chi connectivity index (χ1v) is 4.37. The zero-order chi connectivity index (χ0) is 8.69. The van der Waals surface area contributed by atoms with Crippen LogP contribution >= 0.6 is 23.2 Å². The maximum absolute atomic E-state index is 10.7. The van der Waals surface area contributed by atoms with E-state index in [-0.39, 0.29) is 11.2 Å².